The Morgan fingerprint density at radius 1 is 1.35 bits per heavy atom. The monoisotopic (exact) mass is 233 g/mol. The van der Waals surface area contributed by atoms with E-state index in [4.69, 9.17) is 0 Å². The van der Waals surface area contributed by atoms with Crippen LogP contribution in [0.15, 0.2) is 24.3 Å². The van der Waals surface area contributed by atoms with Crippen molar-refractivity contribution in [1.29, 1.82) is 0 Å². The molecule has 0 bridgehead atoms. The molecule has 0 atom stereocenters. The Balaban J connectivity index is 2.28. The van der Waals surface area contributed by atoms with Crippen LogP contribution in [-0.2, 0) is 0 Å². The van der Waals surface area contributed by atoms with E-state index in [2.05, 4.69) is 18.3 Å². The molecule has 1 aromatic carbocycles. The highest BCUT2D eigenvalue weighted by Crippen LogP contribution is 2.31. The second kappa shape index (κ2) is 5.46. The van der Waals surface area contributed by atoms with E-state index in [9.17, 15) is 4.39 Å². The Morgan fingerprint density at radius 3 is 2.65 bits per heavy atom. The topological polar surface area (TPSA) is 12.0 Å². The van der Waals surface area contributed by atoms with Gasteiger partial charge in [-0.1, -0.05) is 12.1 Å². The molecule has 0 saturated carbocycles. The molecule has 1 fully saturated rings. The van der Waals surface area contributed by atoms with Crippen LogP contribution in [0.3, 0.4) is 0 Å². The lowest BCUT2D eigenvalue weighted by molar-refractivity contribution is 0.446. The van der Waals surface area contributed by atoms with Gasteiger partial charge in [-0.25, -0.2) is 4.39 Å². The average molecular weight is 233 g/mol. The molecule has 1 aromatic rings. The van der Waals surface area contributed by atoms with Crippen LogP contribution in [0, 0.1) is 18.7 Å². The van der Waals surface area contributed by atoms with E-state index in [1.54, 1.807) is 12.1 Å². The molecular weight excluding hydrogens is 213 g/mol. The molecule has 0 unspecified atom stereocenters. The average Bonchev–Trinajstić information content (AvgIpc) is 2.34. The van der Waals surface area contributed by atoms with Gasteiger partial charge in [0.25, 0.3) is 0 Å². The molecule has 0 aromatic heterocycles. The van der Waals surface area contributed by atoms with Gasteiger partial charge in [-0.2, -0.15) is 0 Å². The van der Waals surface area contributed by atoms with Gasteiger partial charge in [0.2, 0.25) is 0 Å². The SMILES string of the molecule is C/C=C(\c1ccc(F)cc1C)C1CCNCC1. The van der Waals surface area contributed by atoms with Crippen LogP contribution in [0.2, 0.25) is 0 Å². The predicted molar refractivity (Wildman–Crippen MR) is 70.4 cm³/mol. The van der Waals surface area contributed by atoms with Crippen LogP contribution in [-0.4, -0.2) is 13.1 Å². The van der Waals surface area contributed by atoms with Gasteiger partial charge >= 0.3 is 0 Å². The van der Waals surface area contributed by atoms with Crippen molar-refractivity contribution < 1.29 is 4.39 Å². The molecule has 17 heavy (non-hydrogen) atoms. The van der Waals surface area contributed by atoms with Gasteiger partial charge in [-0.05, 0) is 74.5 Å². The maximum absolute atomic E-state index is 13.1. The van der Waals surface area contributed by atoms with E-state index in [-0.39, 0.29) is 5.82 Å². The summed E-state index contributed by atoms with van der Waals surface area (Å²) >= 11 is 0. The van der Waals surface area contributed by atoms with Gasteiger partial charge in [-0.3, -0.25) is 0 Å². The van der Waals surface area contributed by atoms with E-state index < -0.39 is 0 Å². The second-order valence-electron chi connectivity index (χ2n) is 4.73. The van der Waals surface area contributed by atoms with Crippen LogP contribution < -0.4 is 5.32 Å². The Hall–Kier alpha value is -1.15. The first kappa shape index (κ1) is 12.3. The third-order valence-electron chi connectivity index (χ3n) is 3.59. The number of halogens is 1. The Kier molecular flexibility index (Phi) is 3.95. The summed E-state index contributed by atoms with van der Waals surface area (Å²) in [5.41, 5.74) is 3.63. The number of nitrogens with one attached hydrogen (secondary N) is 1. The molecule has 0 aliphatic carbocycles. The van der Waals surface area contributed by atoms with Crippen molar-refractivity contribution in [3.05, 3.63) is 41.2 Å². The molecule has 1 aliphatic rings. The summed E-state index contributed by atoms with van der Waals surface area (Å²) in [6.07, 6.45) is 4.54. The lowest BCUT2D eigenvalue weighted by Gasteiger charge is -2.26. The summed E-state index contributed by atoms with van der Waals surface area (Å²) in [4.78, 5) is 0. The zero-order chi connectivity index (χ0) is 12.3. The lowest BCUT2D eigenvalue weighted by Crippen LogP contribution is -2.28. The standard InChI is InChI=1S/C15H20FN/c1-3-14(12-6-8-17-9-7-12)15-5-4-13(16)10-11(15)2/h3-5,10,12,17H,6-9H2,1-2H3/b14-3-. The molecule has 1 nitrogen and oxygen atoms in total. The molecule has 0 spiro atoms. The number of aryl methyl sites for hydroxylation is 1. The number of hydrogen-bond acceptors (Lipinski definition) is 1. The molecule has 0 amide bonds. The Bertz CT molecular complexity index is 417. The van der Waals surface area contributed by atoms with Crippen molar-refractivity contribution in [2.75, 3.05) is 13.1 Å². The maximum Gasteiger partial charge on any atom is 0.123 e. The zero-order valence-corrected chi connectivity index (χ0v) is 10.6. The third-order valence-corrected chi connectivity index (χ3v) is 3.59. The zero-order valence-electron chi connectivity index (χ0n) is 10.6. The molecule has 92 valence electrons. The number of rotatable bonds is 2. The first-order valence-corrected chi connectivity index (χ1v) is 6.36. The largest absolute Gasteiger partial charge is 0.317 e. The van der Waals surface area contributed by atoms with Gasteiger partial charge in [0.15, 0.2) is 0 Å². The third kappa shape index (κ3) is 2.75. The molecule has 1 N–H and O–H groups in total. The fourth-order valence-corrected chi connectivity index (χ4v) is 2.70. The van der Waals surface area contributed by atoms with Crippen molar-refractivity contribution in [1.82, 2.24) is 5.32 Å². The fraction of sp³-hybridized carbons (Fsp3) is 0.467. The first-order chi connectivity index (χ1) is 8.22. The van der Waals surface area contributed by atoms with E-state index in [0.29, 0.717) is 5.92 Å². The highest BCUT2D eigenvalue weighted by molar-refractivity contribution is 5.69. The summed E-state index contributed by atoms with van der Waals surface area (Å²) in [5.74, 6) is 0.470. The first-order valence-electron chi connectivity index (χ1n) is 6.36. The van der Waals surface area contributed by atoms with E-state index >= 15 is 0 Å². The maximum atomic E-state index is 13.1. The smallest absolute Gasteiger partial charge is 0.123 e. The number of allylic oxidation sites excluding steroid dienone is 2. The number of piperidine rings is 1. The molecule has 2 rings (SSSR count). The quantitative estimate of drug-likeness (QED) is 0.824. The molecule has 1 heterocycles. The minimum absolute atomic E-state index is 0.146. The minimum atomic E-state index is -0.146. The summed E-state index contributed by atoms with van der Waals surface area (Å²) in [6, 6.07) is 5.11. The molecule has 1 aliphatic heterocycles. The second-order valence-corrected chi connectivity index (χ2v) is 4.73. The van der Waals surface area contributed by atoms with E-state index in [1.165, 1.54) is 24.0 Å². The fourth-order valence-electron chi connectivity index (χ4n) is 2.70. The predicted octanol–water partition coefficient (Wildman–Crippen LogP) is 3.54. The molecule has 2 heteroatoms. The molecule has 1 saturated heterocycles. The Labute approximate surface area is 103 Å². The van der Waals surface area contributed by atoms with Gasteiger partial charge in [-0.15, -0.1) is 0 Å². The van der Waals surface area contributed by atoms with Gasteiger partial charge in [0, 0.05) is 0 Å². The van der Waals surface area contributed by atoms with Crippen molar-refractivity contribution >= 4 is 5.57 Å². The van der Waals surface area contributed by atoms with E-state index in [0.717, 1.165) is 18.7 Å². The van der Waals surface area contributed by atoms with Crippen LogP contribution in [0.25, 0.3) is 5.57 Å². The van der Waals surface area contributed by atoms with Crippen LogP contribution >= 0.6 is 0 Å². The van der Waals surface area contributed by atoms with Crippen molar-refractivity contribution in [3.8, 4) is 0 Å². The highest BCUT2D eigenvalue weighted by Gasteiger charge is 2.19. The highest BCUT2D eigenvalue weighted by atomic mass is 19.1. The summed E-state index contributed by atoms with van der Waals surface area (Å²) < 4.78 is 13.1. The van der Waals surface area contributed by atoms with Crippen molar-refractivity contribution in [2.45, 2.75) is 26.7 Å². The van der Waals surface area contributed by atoms with Crippen molar-refractivity contribution in [3.63, 3.8) is 0 Å². The molecular formula is C15H20FN. The molecule has 0 radical (unpaired) electrons. The van der Waals surface area contributed by atoms with Gasteiger partial charge < -0.3 is 5.32 Å². The van der Waals surface area contributed by atoms with Crippen molar-refractivity contribution in [2.24, 2.45) is 5.92 Å². The van der Waals surface area contributed by atoms with Gasteiger partial charge in [0.1, 0.15) is 5.82 Å². The summed E-state index contributed by atoms with van der Waals surface area (Å²) in [6.45, 7) is 6.24. The van der Waals surface area contributed by atoms with E-state index in [1.807, 2.05) is 13.0 Å². The van der Waals surface area contributed by atoms with Crippen LogP contribution in [0.5, 0.6) is 0 Å². The normalized spacial score (nSPS) is 18.4. The minimum Gasteiger partial charge on any atom is -0.317 e. The summed E-state index contributed by atoms with van der Waals surface area (Å²) in [5, 5.41) is 3.38. The van der Waals surface area contributed by atoms with Crippen LogP contribution in [0.4, 0.5) is 4.39 Å². The number of benzene rings is 1. The Morgan fingerprint density at radius 2 is 2.06 bits per heavy atom. The summed E-state index contributed by atoms with van der Waals surface area (Å²) in [7, 11) is 0. The van der Waals surface area contributed by atoms with Gasteiger partial charge in [0.05, 0.1) is 0 Å². The number of hydrogen-bond donors (Lipinski definition) is 1. The van der Waals surface area contributed by atoms with Crippen LogP contribution in [0.1, 0.15) is 30.9 Å². The lowest BCUT2D eigenvalue weighted by atomic mass is 9.84.